The summed E-state index contributed by atoms with van der Waals surface area (Å²) in [6.45, 7) is 1.72. The highest BCUT2D eigenvalue weighted by atomic mass is 32.1. The summed E-state index contributed by atoms with van der Waals surface area (Å²) in [4.78, 5) is 16.9. The van der Waals surface area contributed by atoms with Gasteiger partial charge in [0.25, 0.3) is 5.91 Å². The van der Waals surface area contributed by atoms with E-state index in [1.54, 1.807) is 29.1 Å². The van der Waals surface area contributed by atoms with Gasteiger partial charge < -0.3 is 9.80 Å². The van der Waals surface area contributed by atoms with Crippen LogP contribution in [-0.4, -0.2) is 56.4 Å². The number of aromatic nitrogens is 4. The Morgan fingerprint density at radius 3 is 2.86 bits per heavy atom. The van der Waals surface area contributed by atoms with Crippen LogP contribution in [0.25, 0.3) is 0 Å². The topological polar surface area (TPSA) is 75.1 Å². The van der Waals surface area contributed by atoms with Crippen molar-refractivity contribution in [1.82, 2.24) is 25.3 Å². The van der Waals surface area contributed by atoms with Crippen LogP contribution in [0.15, 0.2) is 24.0 Å². The first-order valence-electron chi connectivity index (χ1n) is 6.95. The van der Waals surface area contributed by atoms with Crippen LogP contribution in [0, 0.1) is 0 Å². The van der Waals surface area contributed by atoms with Gasteiger partial charge in [-0.2, -0.15) is 10.2 Å². The highest BCUT2D eigenvalue weighted by molar-refractivity contribution is 7.13. The Hall–Kier alpha value is -2.09. The molecular weight excluding hydrogens is 288 g/mol. The molecule has 2 aliphatic rings. The molecule has 1 amide bonds. The summed E-state index contributed by atoms with van der Waals surface area (Å²) >= 11 is 1.56. The molecular formula is C13H14N6OS. The molecule has 7 nitrogen and oxygen atoms in total. The fourth-order valence-electron chi connectivity index (χ4n) is 3.35. The van der Waals surface area contributed by atoms with Gasteiger partial charge >= 0.3 is 0 Å². The van der Waals surface area contributed by atoms with E-state index in [0.717, 1.165) is 31.1 Å². The van der Waals surface area contributed by atoms with Gasteiger partial charge in [0.2, 0.25) is 5.13 Å². The summed E-state index contributed by atoms with van der Waals surface area (Å²) in [5.41, 5.74) is 2.36. The highest BCUT2D eigenvalue weighted by Crippen LogP contribution is 2.36. The molecule has 0 unspecified atom stereocenters. The third-order valence-electron chi connectivity index (χ3n) is 4.26. The van der Waals surface area contributed by atoms with E-state index in [-0.39, 0.29) is 11.9 Å². The van der Waals surface area contributed by atoms with Crippen molar-refractivity contribution in [3.63, 3.8) is 0 Å². The Balaban J connectivity index is 1.55. The predicted molar refractivity (Wildman–Crippen MR) is 77.1 cm³/mol. The van der Waals surface area contributed by atoms with Gasteiger partial charge in [-0.3, -0.25) is 4.79 Å². The van der Waals surface area contributed by atoms with Crippen LogP contribution in [0.3, 0.4) is 0 Å². The van der Waals surface area contributed by atoms with Gasteiger partial charge in [0.05, 0.1) is 30.0 Å². The molecule has 8 heteroatoms. The molecule has 108 valence electrons. The molecule has 0 aliphatic carbocycles. The van der Waals surface area contributed by atoms with Crippen molar-refractivity contribution in [3.05, 3.63) is 29.5 Å². The van der Waals surface area contributed by atoms with E-state index >= 15 is 0 Å². The Bertz CT molecular complexity index is 633. The number of hydrogen-bond acceptors (Lipinski definition) is 7. The van der Waals surface area contributed by atoms with Crippen LogP contribution in [0.4, 0.5) is 5.13 Å². The molecule has 2 aliphatic heterocycles. The summed E-state index contributed by atoms with van der Waals surface area (Å²) in [5, 5.41) is 16.6. The second-order valence-corrected chi connectivity index (χ2v) is 6.07. The van der Waals surface area contributed by atoms with E-state index in [1.807, 2.05) is 4.90 Å². The van der Waals surface area contributed by atoms with Crippen LogP contribution in [0.2, 0.25) is 0 Å². The van der Waals surface area contributed by atoms with Crippen molar-refractivity contribution in [2.24, 2.45) is 0 Å². The van der Waals surface area contributed by atoms with Crippen molar-refractivity contribution in [1.29, 1.82) is 0 Å². The molecule has 2 aromatic rings. The number of nitrogens with zero attached hydrogens (tertiary/aromatic N) is 6. The Labute approximate surface area is 125 Å². The fraction of sp³-hybridized carbons (Fsp3) is 0.462. The zero-order chi connectivity index (χ0) is 14.2. The van der Waals surface area contributed by atoms with Crippen molar-refractivity contribution in [2.75, 3.05) is 18.0 Å². The number of carbonyl (C=O) groups excluding carboxylic acids is 1. The second-order valence-electron chi connectivity index (χ2n) is 5.26. The molecule has 0 radical (unpaired) electrons. The highest BCUT2D eigenvalue weighted by Gasteiger charge is 2.45. The van der Waals surface area contributed by atoms with Crippen LogP contribution < -0.4 is 4.90 Å². The van der Waals surface area contributed by atoms with E-state index < -0.39 is 0 Å². The summed E-state index contributed by atoms with van der Waals surface area (Å²) < 4.78 is 0. The Morgan fingerprint density at radius 1 is 1.19 bits per heavy atom. The van der Waals surface area contributed by atoms with E-state index in [9.17, 15) is 4.79 Å². The van der Waals surface area contributed by atoms with E-state index in [4.69, 9.17) is 0 Å². The average molecular weight is 302 g/mol. The van der Waals surface area contributed by atoms with Gasteiger partial charge in [-0.1, -0.05) is 11.3 Å². The van der Waals surface area contributed by atoms with E-state index in [0.29, 0.717) is 11.6 Å². The quantitative estimate of drug-likeness (QED) is 0.817. The van der Waals surface area contributed by atoms with Crippen LogP contribution in [0.1, 0.15) is 23.2 Å². The van der Waals surface area contributed by atoms with Gasteiger partial charge in [-0.05, 0) is 18.9 Å². The number of carbonyl (C=O) groups is 1. The normalized spacial score (nSPS) is 24.4. The third kappa shape index (κ3) is 2.06. The first-order valence-corrected chi connectivity index (χ1v) is 7.83. The second kappa shape index (κ2) is 5.03. The minimum absolute atomic E-state index is 0.0523. The Morgan fingerprint density at radius 2 is 2.10 bits per heavy atom. The van der Waals surface area contributed by atoms with Gasteiger partial charge in [0, 0.05) is 13.1 Å². The van der Waals surface area contributed by atoms with Gasteiger partial charge in [-0.25, -0.2) is 0 Å². The average Bonchev–Trinajstić information content (AvgIpc) is 3.24. The number of anilines is 1. The SMILES string of the molecule is O=C(c1ccnnc1)N1CC[C@@H]2[C@@H]1CCN2c1nncs1. The zero-order valence-corrected chi connectivity index (χ0v) is 12.1. The zero-order valence-electron chi connectivity index (χ0n) is 11.3. The number of fused-ring (bicyclic) bond motifs is 1. The summed E-state index contributed by atoms with van der Waals surface area (Å²) in [6.07, 6.45) is 5.05. The van der Waals surface area contributed by atoms with E-state index in [2.05, 4.69) is 25.3 Å². The van der Waals surface area contributed by atoms with Gasteiger partial charge in [0.15, 0.2) is 0 Å². The first kappa shape index (κ1) is 12.6. The maximum absolute atomic E-state index is 12.6. The van der Waals surface area contributed by atoms with Crippen molar-refractivity contribution in [3.8, 4) is 0 Å². The largest absolute Gasteiger partial charge is 0.341 e. The molecule has 2 saturated heterocycles. The van der Waals surface area contributed by atoms with Crippen LogP contribution >= 0.6 is 11.3 Å². The maximum atomic E-state index is 12.6. The molecule has 0 spiro atoms. The summed E-state index contributed by atoms with van der Waals surface area (Å²) in [5.74, 6) is 0.0523. The summed E-state index contributed by atoms with van der Waals surface area (Å²) in [7, 11) is 0. The maximum Gasteiger partial charge on any atom is 0.255 e. The number of amides is 1. The van der Waals surface area contributed by atoms with Gasteiger partial charge in [0.1, 0.15) is 5.51 Å². The molecule has 2 fully saturated rings. The van der Waals surface area contributed by atoms with Crippen molar-refractivity contribution in [2.45, 2.75) is 24.9 Å². The number of likely N-dealkylation sites (tertiary alicyclic amines) is 1. The van der Waals surface area contributed by atoms with Crippen molar-refractivity contribution < 1.29 is 4.79 Å². The first-order chi connectivity index (χ1) is 10.3. The van der Waals surface area contributed by atoms with Crippen LogP contribution in [0.5, 0.6) is 0 Å². The molecule has 0 saturated carbocycles. The number of rotatable bonds is 2. The lowest BCUT2D eigenvalue weighted by Crippen LogP contribution is -2.39. The molecule has 4 heterocycles. The lowest BCUT2D eigenvalue weighted by Gasteiger charge is -2.25. The lowest BCUT2D eigenvalue weighted by molar-refractivity contribution is 0.0737. The van der Waals surface area contributed by atoms with Crippen LogP contribution in [-0.2, 0) is 0 Å². The summed E-state index contributed by atoms with van der Waals surface area (Å²) in [6, 6.07) is 2.34. The predicted octanol–water partition coefficient (Wildman–Crippen LogP) is 0.821. The number of hydrogen-bond donors (Lipinski definition) is 0. The third-order valence-corrected chi connectivity index (χ3v) is 4.99. The smallest absolute Gasteiger partial charge is 0.255 e. The molecule has 2 atom stereocenters. The standard InChI is InChI=1S/C13H14N6OS/c20-12(9-1-4-14-15-7-9)18-5-2-11-10(18)3-6-19(11)13-17-16-8-21-13/h1,4,7-8,10-11H,2-3,5-6H2/t10-,11+/m0/s1. The minimum atomic E-state index is 0.0523. The van der Waals surface area contributed by atoms with Gasteiger partial charge in [-0.15, -0.1) is 10.2 Å². The monoisotopic (exact) mass is 302 g/mol. The molecule has 0 N–H and O–H groups in total. The minimum Gasteiger partial charge on any atom is -0.341 e. The molecule has 21 heavy (non-hydrogen) atoms. The molecule has 0 bridgehead atoms. The fourth-order valence-corrected chi connectivity index (χ4v) is 4.00. The molecule has 4 rings (SSSR count). The van der Waals surface area contributed by atoms with E-state index in [1.165, 1.54) is 6.20 Å². The molecule has 2 aromatic heterocycles. The van der Waals surface area contributed by atoms with Crippen molar-refractivity contribution >= 4 is 22.4 Å². The molecule has 0 aromatic carbocycles. The Kier molecular flexibility index (Phi) is 3.03. The lowest BCUT2D eigenvalue weighted by atomic mass is 10.1.